The van der Waals surface area contributed by atoms with Crippen LogP contribution >= 0.6 is 15.9 Å². The highest BCUT2D eigenvalue weighted by molar-refractivity contribution is 9.10. The molecule has 8 rings (SSSR count). The van der Waals surface area contributed by atoms with Gasteiger partial charge < -0.3 is 19.9 Å². The van der Waals surface area contributed by atoms with Crippen LogP contribution in [0.2, 0.25) is 0 Å². The summed E-state index contributed by atoms with van der Waals surface area (Å²) in [5, 5.41) is 6.32. The third-order valence-electron chi connectivity index (χ3n) is 10.3. The number of likely N-dealkylation sites (tertiary alicyclic amines) is 1. The molecule has 7 nitrogen and oxygen atoms in total. The number of aromatic nitrogens is 2. The Morgan fingerprint density at radius 2 is 1.90 bits per heavy atom. The van der Waals surface area contributed by atoms with Crippen LogP contribution in [0.1, 0.15) is 50.3 Å². The molecule has 1 saturated carbocycles. The molecule has 0 spiro atoms. The van der Waals surface area contributed by atoms with E-state index < -0.39 is 6.17 Å². The van der Waals surface area contributed by atoms with Crippen molar-refractivity contribution in [3.8, 4) is 6.01 Å². The first kappa shape index (κ1) is 27.1. The van der Waals surface area contributed by atoms with Gasteiger partial charge >= 0.3 is 6.01 Å². The van der Waals surface area contributed by atoms with Gasteiger partial charge in [-0.15, -0.1) is 0 Å². The molecule has 3 aromatic rings. The number of hydrogen-bond donors (Lipinski definition) is 1. The third kappa shape index (κ3) is 5.05. The summed E-state index contributed by atoms with van der Waals surface area (Å²) in [6.07, 6.45) is 5.54. The molecule has 5 heterocycles. The number of anilines is 2. The lowest BCUT2D eigenvalue weighted by Crippen LogP contribution is -2.58. The minimum Gasteiger partial charge on any atom is -0.463 e. The van der Waals surface area contributed by atoms with Crippen molar-refractivity contribution >= 4 is 38.2 Å². The van der Waals surface area contributed by atoms with Crippen LogP contribution in [-0.4, -0.2) is 78.5 Å². The average molecular weight is 636 g/mol. The zero-order valence-corrected chi connectivity index (χ0v) is 26.0. The number of alkyl halides is 1. The number of fused-ring (bicyclic) bond motifs is 4. The van der Waals surface area contributed by atoms with Crippen LogP contribution in [0.25, 0.3) is 10.8 Å². The monoisotopic (exact) mass is 634 g/mol. The number of nitrogens with zero attached hydrogens (tertiary/aromatic N) is 5. The third-order valence-corrected chi connectivity index (χ3v) is 11.0. The molecule has 3 saturated heterocycles. The van der Waals surface area contributed by atoms with E-state index in [0.29, 0.717) is 31.6 Å². The summed E-state index contributed by atoms with van der Waals surface area (Å²) >= 11 is 3.81. The van der Waals surface area contributed by atoms with E-state index in [0.717, 1.165) is 74.5 Å². The lowest BCUT2D eigenvalue weighted by molar-refractivity contribution is 0.164. The second-order valence-corrected chi connectivity index (χ2v) is 14.6. The van der Waals surface area contributed by atoms with Crippen molar-refractivity contribution in [3.63, 3.8) is 0 Å². The maximum atomic E-state index is 13.8. The molecular weight excluding hydrogens is 595 g/mol. The van der Waals surface area contributed by atoms with Crippen molar-refractivity contribution in [2.75, 3.05) is 55.7 Å². The van der Waals surface area contributed by atoms with Gasteiger partial charge in [-0.1, -0.05) is 40.2 Å². The van der Waals surface area contributed by atoms with E-state index in [9.17, 15) is 4.39 Å². The summed E-state index contributed by atoms with van der Waals surface area (Å²) in [7, 11) is 0. The highest BCUT2D eigenvalue weighted by Crippen LogP contribution is 2.47. The lowest BCUT2D eigenvalue weighted by atomic mass is 9.98. The molecule has 1 aliphatic carbocycles. The molecule has 4 aliphatic heterocycles. The van der Waals surface area contributed by atoms with Crippen LogP contribution in [-0.2, 0) is 13.0 Å². The van der Waals surface area contributed by atoms with Crippen LogP contribution < -0.4 is 19.9 Å². The second kappa shape index (κ2) is 10.3. The first-order chi connectivity index (χ1) is 20.4. The Morgan fingerprint density at radius 3 is 2.69 bits per heavy atom. The SMILES string of the molecule is C[C@@]12CCC(CN(c3nc(OCC4(CN5CC[C@@H](F)C5)CC4)nc4c3CCN(c3cccc5cccc(Br)c35)C4)C1)N2. The Labute approximate surface area is 255 Å². The van der Waals surface area contributed by atoms with Crippen molar-refractivity contribution < 1.29 is 9.13 Å². The van der Waals surface area contributed by atoms with E-state index in [1.54, 1.807) is 0 Å². The van der Waals surface area contributed by atoms with E-state index in [2.05, 4.69) is 79.3 Å². The fourth-order valence-corrected chi connectivity index (χ4v) is 8.50. The van der Waals surface area contributed by atoms with Gasteiger partial charge in [-0.2, -0.15) is 9.97 Å². The predicted molar refractivity (Wildman–Crippen MR) is 168 cm³/mol. The van der Waals surface area contributed by atoms with Crippen molar-refractivity contribution in [2.24, 2.45) is 5.41 Å². The van der Waals surface area contributed by atoms with E-state index in [-0.39, 0.29) is 11.0 Å². The standard InChI is InChI=1S/C33H40BrFN6O/c1-32-11-8-24(38-32)17-41(19-32)30-25-10-15-40(28-7-3-5-22-4-2-6-26(34)29(22)28)18-27(25)36-31(37-30)42-21-33(12-13-33)20-39-14-9-23(35)16-39/h2-7,23-24,38H,8-21H2,1H3/t23-,24?,32-/m1/s1. The predicted octanol–water partition coefficient (Wildman–Crippen LogP) is 5.49. The molecule has 2 bridgehead atoms. The smallest absolute Gasteiger partial charge is 0.318 e. The lowest BCUT2D eigenvalue weighted by Gasteiger charge is -2.41. The van der Waals surface area contributed by atoms with Crippen LogP contribution in [0.3, 0.4) is 0 Å². The molecule has 222 valence electrons. The van der Waals surface area contributed by atoms with Crippen molar-refractivity contribution in [3.05, 3.63) is 52.1 Å². The molecule has 0 amide bonds. The maximum absolute atomic E-state index is 13.8. The first-order valence-electron chi connectivity index (χ1n) is 15.7. The molecule has 1 unspecified atom stereocenters. The average Bonchev–Trinajstić information content (AvgIpc) is 3.54. The van der Waals surface area contributed by atoms with Crippen LogP contribution in [0, 0.1) is 5.41 Å². The fourth-order valence-electron chi connectivity index (χ4n) is 7.91. The molecule has 3 atom stereocenters. The zero-order chi connectivity index (χ0) is 28.5. The molecule has 4 fully saturated rings. The number of halogens is 2. The largest absolute Gasteiger partial charge is 0.463 e. The van der Waals surface area contributed by atoms with Gasteiger partial charge in [0.2, 0.25) is 0 Å². The summed E-state index contributed by atoms with van der Waals surface area (Å²) in [5.74, 6) is 1.07. The molecule has 5 aliphatic rings. The van der Waals surface area contributed by atoms with Crippen LogP contribution in [0.5, 0.6) is 6.01 Å². The maximum Gasteiger partial charge on any atom is 0.318 e. The van der Waals surface area contributed by atoms with E-state index in [1.807, 2.05) is 0 Å². The quantitative estimate of drug-likeness (QED) is 0.369. The molecular formula is C33H40BrFN6O. The molecule has 42 heavy (non-hydrogen) atoms. The minimum absolute atomic E-state index is 0.104. The summed E-state index contributed by atoms with van der Waals surface area (Å²) in [4.78, 5) is 17.5. The summed E-state index contributed by atoms with van der Waals surface area (Å²) < 4.78 is 21.4. The topological polar surface area (TPSA) is 56.8 Å². The highest BCUT2D eigenvalue weighted by atomic mass is 79.9. The summed E-state index contributed by atoms with van der Waals surface area (Å²) in [6, 6.07) is 13.9. The van der Waals surface area contributed by atoms with E-state index >= 15 is 0 Å². The minimum atomic E-state index is -0.685. The van der Waals surface area contributed by atoms with Gasteiger partial charge in [0, 0.05) is 77.4 Å². The van der Waals surface area contributed by atoms with Gasteiger partial charge in [-0.05, 0) is 63.0 Å². The van der Waals surface area contributed by atoms with E-state index in [4.69, 9.17) is 14.7 Å². The van der Waals surface area contributed by atoms with Crippen molar-refractivity contribution in [1.82, 2.24) is 20.2 Å². The summed E-state index contributed by atoms with van der Waals surface area (Å²) in [6.45, 7) is 8.85. The Hall–Kier alpha value is -2.49. The van der Waals surface area contributed by atoms with Gasteiger partial charge in [0.1, 0.15) is 12.0 Å². The molecule has 0 radical (unpaired) electrons. The Morgan fingerprint density at radius 1 is 1.05 bits per heavy atom. The first-order valence-corrected chi connectivity index (χ1v) is 16.5. The van der Waals surface area contributed by atoms with Gasteiger partial charge in [-0.25, -0.2) is 4.39 Å². The Kier molecular flexibility index (Phi) is 6.65. The Bertz CT molecular complexity index is 1510. The van der Waals surface area contributed by atoms with E-state index in [1.165, 1.54) is 34.9 Å². The van der Waals surface area contributed by atoms with Crippen LogP contribution in [0.15, 0.2) is 40.9 Å². The van der Waals surface area contributed by atoms with Gasteiger partial charge in [0.25, 0.3) is 0 Å². The molecule has 9 heteroatoms. The molecule has 1 N–H and O–H groups in total. The fraction of sp³-hybridized carbons (Fsp3) is 0.576. The number of hydrogen-bond acceptors (Lipinski definition) is 7. The number of benzene rings is 2. The number of piperazine rings is 1. The van der Waals surface area contributed by atoms with Crippen LogP contribution in [0.4, 0.5) is 15.9 Å². The number of rotatable bonds is 7. The Balaban J connectivity index is 1.10. The molecule has 2 aromatic carbocycles. The highest BCUT2D eigenvalue weighted by Gasteiger charge is 2.46. The van der Waals surface area contributed by atoms with Crippen molar-refractivity contribution in [2.45, 2.75) is 69.7 Å². The van der Waals surface area contributed by atoms with Gasteiger partial charge in [0.05, 0.1) is 18.8 Å². The summed E-state index contributed by atoms with van der Waals surface area (Å²) in [5.41, 5.74) is 3.81. The molecule has 1 aromatic heterocycles. The van der Waals surface area contributed by atoms with Crippen molar-refractivity contribution in [1.29, 1.82) is 0 Å². The zero-order valence-electron chi connectivity index (χ0n) is 24.4. The number of nitrogens with one attached hydrogen (secondary N) is 1. The number of ether oxygens (including phenoxy) is 1. The second-order valence-electron chi connectivity index (χ2n) is 13.8. The van der Waals surface area contributed by atoms with Gasteiger partial charge in [0.15, 0.2) is 0 Å². The normalized spacial score (nSPS) is 28.4. The van der Waals surface area contributed by atoms with Gasteiger partial charge in [-0.3, -0.25) is 4.90 Å².